The molecule has 1 aliphatic rings. The molecular formula is C6H14Cl2N2O. The van der Waals surface area contributed by atoms with Crippen LogP contribution in [0.5, 0.6) is 0 Å². The molecule has 0 saturated carbocycles. The van der Waals surface area contributed by atoms with Crippen LogP contribution in [0.15, 0.2) is 0 Å². The summed E-state index contributed by atoms with van der Waals surface area (Å²) in [5, 5.41) is 3.20. The first-order valence-corrected chi connectivity index (χ1v) is 3.26. The van der Waals surface area contributed by atoms with Gasteiger partial charge in [0, 0.05) is 25.7 Å². The number of rotatable bonds is 1. The van der Waals surface area contributed by atoms with Gasteiger partial charge in [-0.25, -0.2) is 0 Å². The minimum Gasteiger partial charge on any atom is -0.340 e. The molecule has 3 nitrogen and oxygen atoms in total. The van der Waals surface area contributed by atoms with Gasteiger partial charge in [-0.1, -0.05) is 0 Å². The molecule has 0 spiro atoms. The topological polar surface area (TPSA) is 32.3 Å². The maximum atomic E-state index is 10.3. The summed E-state index contributed by atoms with van der Waals surface area (Å²) >= 11 is 0. The third-order valence-electron chi connectivity index (χ3n) is 1.69. The fourth-order valence-electron chi connectivity index (χ4n) is 1.01. The Bertz CT molecular complexity index is 113. The van der Waals surface area contributed by atoms with E-state index >= 15 is 0 Å². The fourth-order valence-corrected chi connectivity index (χ4v) is 1.01. The lowest BCUT2D eigenvalue weighted by atomic mass is 10.2. The first-order valence-electron chi connectivity index (χ1n) is 3.26. The van der Waals surface area contributed by atoms with Crippen molar-refractivity contribution < 1.29 is 4.79 Å². The third-order valence-corrected chi connectivity index (χ3v) is 1.69. The lowest BCUT2D eigenvalue weighted by Crippen LogP contribution is -2.48. The molecule has 1 heterocycles. The van der Waals surface area contributed by atoms with Gasteiger partial charge in [-0.15, -0.1) is 24.8 Å². The van der Waals surface area contributed by atoms with Crippen LogP contribution in [0.25, 0.3) is 0 Å². The largest absolute Gasteiger partial charge is 0.340 e. The summed E-state index contributed by atoms with van der Waals surface area (Å²) in [4.78, 5) is 12.1. The van der Waals surface area contributed by atoms with Crippen molar-refractivity contribution in [2.24, 2.45) is 0 Å². The monoisotopic (exact) mass is 200 g/mol. The molecule has 0 aromatic carbocycles. The predicted octanol–water partition coefficient (Wildman–Crippen LogP) is 0.280. The van der Waals surface area contributed by atoms with E-state index in [4.69, 9.17) is 0 Å². The number of halogens is 2. The maximum absolute atomic E-state index is 10.3. The summed E-state index contributed by atoms with van der Waals surface area (Å²) < 4.78 is 0. The molecule has 1 saturated heterocycles. The van der Waals surface area contributed by atoms with Gasteiger partial charge in [-0.05, 0) is 6.92 Å². The molecule has 11 heavy (non-hydrogen) atoms. The Labute approximate surface area is 79.3 Å². The molecule has 1 aliphatic heterocycles. The van der Waals surface area contributed by atoms with Crippen molar-refractivity contribution >= 4 is 31.2 Å². The SMILES string of the molecule is CC1CNCCN1C=O.Cl.Cl. The van der Waals surface area contributed by atoms with E-state index in [0.29, 0.717) is 6.04 Å². The number of nitrogens with one attached hydrogen (secondary N) is 1. The van der Waals surface area contributed by atoms with Gasteiger partial charge < -0.3 is 10.2 Å². The number of carbonyl (C=O) groups is 1. The number of amides is 1. The Kier molecular flexibility index (Phi) is 8.28. The highest BCUT2D eigenvalue weighted by Crippen LogP contribution is 1.96. The average Bonchev–Trinajstić information content (AvgIpc) is 1.89. The molecule has 1 N–H and O–H groups in total. The van der Waals surface area contributed by atoms with Crippen LogP contribution in [-0.4, -0.2) is 37.0 Å². The predicted molar refractivity (Wildman–Crippen MR) is 49.6 cm³/mol. The lowest BCUT2D eigenvalue weighted by Gasteiger charge is -2.30. The highest BCUT2D eigenvalue weighted by molar-refractivity contribution is 5.85. The van der Waals surface area contributed by atoms with Gasteiger partial charge in [-0.3, -0.25) is 4.79 Å². The van der Waals surface area contributed by atoms with Gasteiger partial charge >= 0.3 is 0 Å². The van der Waals surface area contributed by atoms with E-state index in [0.717, 1.165) is 26.0 Å². The van der Waals surface area contributed by atoms with Crippen molar-refractivity contribution in [1.29, 1.82) is 0 Å². The zero-order chi connectivity index (χ0) is 6.69. The quantitative estimate of drug-likeness (QED) is 0.618. The Morgan fingerprint density at radius 3 is 2.55 bits per heavy atom. The zero-order valence-corrected chi connectivity index (χ0v) is 8.08. The lowest BCUT2D eigenvalue weighted by molar-refractivity contribution is -0.120. The van der Waals surface area contributed by atoms with Gasteiger partial charge in [0.05, 0.1) is 0 Å². The smallest absolute Gasteiger partial charge is 0.210 e. The summed E-state index contributed by atoms with van der Waals surface area (Å²) in [6.07, 6.45) is 0.922. The third kappa shape index (κ3) is 3.79. The van der Waals surface area contributed by atoms with Gasteiger partial charge in [0.2, 0.25) is 6.41 Å². The first-order chi connectivity index (χ1) is 4.34. The first kappa shape index (κ1) is 13.6. The molecule has 5 heteroatoms. The number of nitrogens with zero attached hydrogens (tertiary/aromatic N) is 1. The van der Waals surface area contributed by atoms with Crippen LogP contribution in [0.2, 0.25) is 0 Å². The van der Waals surface area contributed by atoms with Crippen LogP contribution in [0.4, 0.5) is 0 Å². The molecule has 1 unspecified atom stereocenters. The number of piperazine rings is 1. The molecule has 0 radical (unpaired) electrons. The van der Waals surface area contributed by atoms with E-state index < -0.39 is 0 Å². The number of hydrogen-bond acceptors (Lipinski definition) is 2. The Hall–Kier alpha value is 0.01000. The normalized spacial score (nSPS) is 23.0. The number of hydrogen-bond donors (Lipinski definition) is 1. The van der Waals surface area contributed by atoms with E-state index in [-0.39, 0.29) is 24.8 Å². The van der Waals surface area contributed by atoms with Crippen LogP contribution in [0, 0.1) is 0 Å². The van der Waals surface area contributed by atoms with Crippen LogP contribution in [0.3, 0.4) is 0 Å². The summed E-state index contributed by atoms with van der Waals surface area (Å²) in [6, 6.07) is 0.372. The summed E-state index contributed by atoms with van der Waals surface area (Å²) in [5.41, 5.74) is 0. The average molecular weight is 201 g/mol. The van der Waals surface area contributed by atoms with Crippen molar-refractivity contribution in [1.82, 2.24) is 10.2 Å². The van der Waals surface area contributed by atoms with E-state index in [1.54, 1.807) is 0 Å². The fraction of sp³-hybridized carbons (Fsp3) is 0.833. The molecule has 68 valence electrons. The van der Waals surface area contributed by atoms with E-state index in [1.807, 2.05) is 11.8 Å². The van der Waals surface area contributed by atoms with E-state index in [9.17, 15) is 4.79 Å². The van der Waals surface area contributed by atoms with E-state index in [2.05, 4.69) is 5.32 Å². The second-order valence-corrected chi connectivity index (χ2v) is 2.40. The Morgan fingerprint density at radius 1 is 1.55 bits per heavy atom. The number of carbonyl (C=O) groups excluding carboxylic acids is 1. The summed E-state index contributed by atoms with van der Waals surface area (Å²) in [7, 11) is 0. The zero-order valence-electron chi connectivity index (χ0n) is 6.45. The van der Waals surface area contributed by atoms with Gasteiger partial charge in [0.15, 0.2) is 0 Å². The Balaban J connectivity index is 0. The molecular weight excluding hydrogens is 187 g/mol. The molecule has 1 atom stereocenters. The maximum Gasteiger partial charge on any atom is 0.210 e. The van der Waals surface area contributed by atoms with Gasteiger partial charge in [0.1, 0.15) is 0 Å². The second-order valence-electron chi connectivity index (χ2n) is 2.40. The van der Waals surface area contributed by atoms with Crippen LogP contribution < -0.4 is 5.32 Å². The van der Waals surface area contributed by atoms with Gasteiger partial charge in [0.25, 0.3) is 0 Å². The van der Waals surface area contributed by atoms with Crippen molar-refractivity contribution in [2.45, 2.75) is 13.0 Å². The van der Waals surface area contributed by atoms with Crippen LogP contribution in [-0.2, 0) is 4.79 Å². The van der Waals surface area contributed by atoms with Crippen molar-refractivity contribution in [3.8, 4) is 0 Å². The minimum atomic E-state index is 0. The molecule has 1 fully saturated rings. The highest BCUT2D eigenvalue weighted by atomic mass is 35.5. The molecule has 0 aromatic heterocycles. The standard InChI is InChI=1S/C6H12N2O.2ClH/c1-6-4-7-2-3-8(6)5-9;;/h5-7H,2-4H2,1H3;2*1H. The van der Waals surface area contributed by atoms with Crippen molar-refractivity contribution in [3.05, 3.63) is 0 Å². The highest BCUT2D eigenvalue weighted by Gasteiger charge is 2.14. The Morgan fingerprint density at radius 2 is 2.18 bits per heavy atom. The van der Waals surface area contributed by atoms with Crippen LogP contribution >= 0.6 is 24.8 Å². The molecule has 0 bridgehead atoms. The molecule has 0 aromatic rings. The van der Waals surface area contributed by atoms with Crippen molar-refractivity contribution in [3.63, 3.8) is 0 Å². The molecule has 0 aliphatic carbocycles. The van der Waals surface area contributed by atoms with Crippen molar-refractivity contribution in [2.75, 3.05) is 19.6 Å². The van der Waals surface area contributed by atoms with Crippen LogP contribution in [0.1, 0.15) is 6.92 Å². The summed E-state index contributed by atoms with van der Waals surface area (Å²) in [5.74, 6) is 0. The molecule has 1 amide bonds. The molecule has 1 rings (SSSR count). The van der Waals surface area contributed by atoms with Gasteiger partial charge in [-0.2, -0.15) is 0 Å². The minimum absolute atomic E-state index is 0. The van der Waals surface area contributed by atoms with E-state index in [1.165, 1.54) is 0 Å². The second kappa shape index (κ2) is 6.70. The summed E-state index contributed by atoms with van der Waals surface area (Å²) in [6.45, 7) is 4.76.